The Morgan fingerprint density at radius 1 is 1.50 bits per heavy atom. The second kappa shape index (κ2) is 3.41. The molecule has 0 saturated heterocycles. The zero-order valence-electron chi connectivity index (χ0n) is 7.47. The number of aromatic nitrogens is 1. The Morgan fingerprint density at radius 2 is 2.36 bits per heavy atom. The summed E-state index contributed by atoms with van der Waals surface area (Å²) in [5, 5.41) is 0. The van der Waals surface area contributed by atoms with Gasteiger partial charge in [-0.25, -0.2) is 0 Å². The largest absolute Gasteiger partial charge is 0.364 e. The summed E-state index contributed by atoms with van der Waals surface area (Å²) >= 11 is 0. The standard InChI is InChI=1S/C10H9N3O/c11-10(14)9-4-8(6-13-9)7-2-1-3-12-5-7/h1-5H,6H2,(H2,11,14). The van der Waals surface area contributed by atoms with Gasteiger partial charge < -0.3 is 5.73 Å². The summed E-state index contributed by atoms with van der Waals surface area (Å²) in [4.78, 5) is 18.8. The molecule has 1 aliphatic rings. The van der Waals surface area contributed by atoms with Gasteiger partial charge in [0.15, 0.2) is 0 Å². The first-order valence-electron chi connectivity index (χ1n) is 4.22. The monoisotopic (exact) mass is 187 g/mol. The first kappa shape index (κ1) is 8.62. The lowest BCUT2D eigenvalue weighted by molar-refractivity contribution is -0.111. The number of hydrogen-bond donors (Lipinski definition) is 1. The molecule has 2 heterocycles. The quantitative estimate of drug-likeness (QED) is 0.728. The van der Waals surface area contributed by atoms with Gasteiger partial charge in [-0.1, -0.05) is 6.07 Å². The Hall–Kier alpha value is -1.97. The average Bonchev–Trinajstić information content (AvgIpc) is 2.68. The highest BCUT2D eigenvalue weighted by Gasteiger charge is 2.13. The van der Waals surface area contributed by atoms with Crippen molar-refractivity contribution in [3.05, 3.63) is 36.2 Å². The van der Waals surface area contributed by atoms with E-state index in [4.69, 9.17) is 5.73 Å². The first-order chi connectivity index (χ1) is 6.77. The third kappa shape index (κ3) is 1.54. The number of pyridine rings is 1. The van der Waals surface area contributed by atoms with Crippen molar-refractivity contribution in [2.24, 2.45) is 10.7 Å². The van der Waals surface area contributed by atoms with Crippen LogP contribution in [0.25, 0.3) is 5.57 Å². The summed E-state index contributed by atoms with van der Waals surface area (Å²) in [6, 6.07) is 3.77. The van der Waals surface area contributed by atoms with Crippen LogP contribution in [0.2, 0.25) is 0 Å². The lowest BCUT2D eigenvalue weighted by Gasteiger charge is -1.97. The van der Waals surface area contributed by atoms with Crippen LogP contribution in [0.4, 0.5) is 0 Å². The molecule has 14 heavy (non-hydrogen) atoms. The van der Waals surface area contributed by atoms with Gasteiger partial charge in [-0.2, -0.15) is 0 Å². The van der Waals surface area contributed by atoms with E-state index in [1.54, 1.807) is 18.5 Å². The minimum Gasteiger partial charge on any atom is -0.364 e. The van der Waals surface area contributed by atoms with Crippen LogP contribution in [0.1, 0.15) is 5.56 Å². The number of carbonyl (C=O) groups is 1. The second-order valence-corrected chi connectivity index (χ2v) is 2.98. The third-order valence-electron chi connectivity index (χ3n) is 2.02. The number of amides is 1. The van der Waals surface area contributed by atoms with Crippen molar-refractivity contribution in [1.29, 1.82) is 0 Å². The molecule has 0 atom stereocenters. The molecule has 2 rings (SSSR count). The molecule has 1 aliphatic heterocycles. The number of aliphatic imine (C=N–C) groups is 1. The molecule has 0 aliphatic carbocycles. The van der Waals surface area contributed by atoms with Crippen molar-refractivity contribution in [2.45, 2.75) is 0 Å². The van der Waals surface area contributed by atoms with Crippen LogP contribution in [-0.4, -0.2) is 23.1 Å². The Morgan fingerprint density at radius 3 is 2.93 bits per heavy atom. The van der Waals surface area contributed by atoms with Crippen molar-refractivity contribution in [3.63, 3.8) is 0 Å². The summed E-state index contributed by atoms with van der Waals surface area (Å²) < 4.78 is 0. The predicted octanol–water partition coefficient (Wildman–Crippen LogP) is 0.405. The Labute approximate surface area is 81.2 Å². The maximum absolute atomic E-state index is 10.8. The van der Waals surface area contributed by atoms with Crippen LogP contribution in [0.15, 0.2) is 35.6 Å². The minimum atomic E-state index is -0.483. The van der Waals surface area contributed by atoms with E-state index in [9.17, 15) is 4.79 Å². The fourth-order valence-electron chi connectivity index (χ4n) is 1.30. The van der Waals surface area contributed by atoms with Crippen molar-refractivity contribution in [1.82, 2.24) is 4.98 Å². The van der Waals surface area contributed by atoms with E-state index in [2.05, 4.69) is 9.98 Å². The maximum Gasteiger partial charge on any atom is 0.266 e. The normalized spacial score (nSPS) is 14.9. The summed E-state index contributed by atoms with van der Waals surface area (Å²) in [5.41, 5.74) is 7.40. The van der Waals surface area contributed by atoms with Gasteiger partial charge in [0.2, 0.25) is 0 Å². The molecule has 4 nitrogen and oxygen atoms in total. The molecular formula is C10H9N3O. The number of carbonyl (C=O) groups excluding carboxylic acids is 1. The SMILES string of the molecule is NC(=O)C1=NCC(c2cccnc2)=C1. The van der Waals surface area contributed by atoms with Gasteiger partial charge in [-0.15, -0.1) is 0 Å². The fraction of sp³-hybridized carbons (Fsp3) is 0.100. The molecule has 2 N–H and O–H groups in total. The molecular weight excluding hydrogens is 178 g/mol. The summed E-state index contributed by atoms with van der Waals surface area (Å²) in [6.45, 7) is 0.504. The van der Waals surface area contributed by atoms with Gasteiger partial charge in [0.1, 0.15) is 5.71 Å². The topological polar surface area (TPSA) is 68.3 Å². The lowest BCUT2D eigenvalue weighted by Crippen LogP contribution is -2.20. The van der Waals surface area contributed by atoms with E-state index in [0.717, 1.165) is 11.1 Å². The molecule has 0 saturated carbocycles. The van der Waals surface area contributed by atoms with E-state index >= 15 is 0 Å². The number of hydrogen-bond acceptors (Lipinski definition) is 3. The van der Waals surface area contributed by atoms with E-state index in [1.165, 1.54) is 0 Å². The molecule has 1 aromatic rings. The first-order valence-corrected chi connectivity index (χ1v) is 4.22. The van der Waals surface area contributed by atoms with E-state index in [-0.39, 0.29) is 0 Å². The van der Waals surface area contributed by atoms with Crippen LogP contribution in [0.3, 0.4) is 0 Å². The number of rotatable bonds is 2. The molecule has 0 spiro atoms. The third-order valence-corrected chi connectivity index (χ3v) is 2.02. The molecule has 70 valence electrons. The van der Waals surface area contributed by atoms with Crippen LogP contribution < -0.4 is 5.73 Å². The van der Waals surface area contributed by atoms with Gasteiger partial charge in [0, 0.05) is 12.4 Å². The Bertz CT molecular complexity index is 420. The molecule has 0 radical (unpaired) electrons. The lowest BCUT2D eigenvalue weighted by atomic mass is 10.1. The van der Waals surface area contributed by atoms with Crippen LogP contribution in [-0.2, 0) is 4.79 Å². The average molecular weight is 187 g/mol. The molecule has 1 amide bonds. The number of nitrogens with two attached hydrogens (primary N) is 1. The van der Waals surface area contributed by atoms with Crippen LogP contribution in [0, 0.1) is 0 Å². The zero-order chi connectivity index (χ0) is 9.97. The smallest absolute Gasteiger partial charge is 0.266 e. The maximum atomic E-state index is 10.8. The van der Waals surface area contributed by atoms with Crippen molar-refractivity contribution in [2.75, 3.05) is 6.54 Å². The van der Waals surface area contributed by atoms with Gasteiger partial charge in [0.05, 0.1) is 6.54 Å². The molecule has 0 aromatic carbocycles. The van der Waals surface area contributed by atoms with Crippen molar-refractivity contribution in [3.8, 4) is 0 Å². The van der Waals surface area contributed by atoms with Gasteiger partial charge in [-0.05, 0) is 23.3 Å². The van der Waals surface area contributed by atoms with Crippen LogP contribution in [0.5, 0.6) is 0 Å². The molecule has 0 unspecified atom stereocenters. The minimum absolute atomic E-state index is 0.337. The molecule has 0 fully saturated rings. The summed E-state index contributed by atoms with van der Waals surface area (Å²) in [7, 11) is 0. The number of primary amides is 1. The van der Waals surface area contributed by atoms with Crippen LogP contribution >= 0.6 is 0 Å². The number of nitrogens with zero attached hydrogens (tertiary/aromatic N) is 2. The fourth-order valence-corrected chi connectivity index (χ4v) is 1.30. The van der Waals surface area contributed by atoms with E-state index < -0.39 is 5.91 Å². The van der Waals surface area contributed by atoms with Crippen molar-refractivity contribution >= 4 is 17.2 Å². The van der Waals surface area contributed by atoms with Gasteiger partial charge in [0.25, 0.3) is 5.91 Å². The molecule has 4 heteroatoms. The summed E-state index contributed by atoms with van der Waals surface area (Å²) in [5.74, 6) is -0.483. The van der Waals surface area contributed by atoms with E-state index in [1.807, 2.05) is 12.1 Å². The van der Waals surface area contributed by atoms with Crippen molar-refractivity contribution < 1.29 is 4.79 Å². The van der Waals surface area contributed by atoms with Gasteiger partial charge >= 0.3 is 0 Å². The second-order valence-electron chi connectivity index (χ2n) is 2.98. The Kier molecular flexibility index (Phi) is 2.10. The van der Waals surface area contributed by atoms with E-state index in [0.29, 0.717) is 12.3 Å². The molecule has 1 aromatic heterocycles. The van der Waals surface area contributed by atoms with Gasteiger partial charge in [-0.3, -0.25) is 14.8 Å². The predicted molar refractivity (Wildman–Crippen MR) is 53.7 cm³/mol. The zero-order valence-corrected chi connectivity index (χ0v) is 7.47. The highest BCUT2D eigenvalue weighted by molar-refractivity contribution is 6.45. The Balaban J connectivity index is 2.26. The highest BCUT2D eigenvalue weighted by Crippen LogP contribution is 2.17. The molecule has 0 bridgehead atoms. The highest BCUT2D eigenvalue weighted by atomic mass is 16.1. The summed E-state index contributed by atoms with van der Waals surface area (Å²) in [6.07, 6.45) is 5.15.